The molecule has 0 aliphatic carbocycles. The van der Waals surface area contributed by atoms with Crippen LogP contribution in [0.3, 0.4) is 0 Å². The van der Waals surface area contributed by atoms with E-state index in [1.165, 1.54) is 0 Å². The summed E-state index contributed by atoms with van der Waals surface area (Å²) in [6.45, 7) is 0. The quantitative estimate of drug-likeness (QED) is 0.791. The van der Waals surface area contributed by atoms with Gasteiger partial charge >= 0.3 is 0 Å². The Hall–Kier alpha value is -3.15. The van der Waals surface area contributed by atoms with Crippen molar-refractivity contribution in [3.63, 3.8) is 0 Å². The average molecular weight is 347 g/mol. The zero-order valence-electron chi connectivity index (χ0n) is 15.1. The number of aryl methyl sites for hydroxylation is 1. The fourth-order valence-corrected chi connectivity index (χ4v) is 3.49. The number of aromatic nitrogens is 3. The van der Waals surface area contributed by atoms with E-state index in [4.69, 9.17) is 0 Å². The molecular weight excluding hydrogens is 326 g/mol. The lowest BCUT2D eigenvalue weighted by Gasteiger charge is -2.25. The number of carbonyl (C=O) groups is 1. The van der Waals surface area contributed by atoms with Gasteiger partial charge in [0.25, 0.3) is 0 Å². The smallest absolute Gasteiger partial charge is 0.226 e. The molecule has 0 bridgehead atoms. The Morgan fingerprint density at radius 2 is 1.96 bits per heavy atom. The van der Waals surface area contributed by atoms with Gasteiger partial charge < -0.3 is 10.2 Å². The van der Waals surface area contributed by atoms with E-state index in [1.54, 1.807) is 10.9 Å². The minimum atomic E-state index is -0.0288. The highest BCUT2D eigenvalue weighted by atomic mass is 16.1. The predicted octanol–water partition coefficient (Wildman–Crippen LogP) is 3.02. The summed E-state index contributed by atoms with van der Waals surface area (Å²) in [5.74, 6) is 0.751. The monoisotopic (exact) mass is 347 g/mol. The number of nitrogens with zero attached hydrogens (tertiary/aromatic N) is 4. The standard InChI is InChI=1S/C20H21N5O/c1-24(2)15-8-6-13(7-9-15)16-11-17(26)22-20-18(16)19(23-25(20)3)14-5-4-10-21-12-14/h4-10,12,16H,11H2,1-3H3,(H,22,26). The van der Waals surface area contributed by atoms with E-state index in [-0.39, 0.29) is 11.8 Å². The van der Waals surface area contributed by atoms with Crippen LogP contribution in [0.4, 0.5) is 11.5 Å². The Kier molecular flexibility index (Phi) is 3.95. The van der Waals surface area contributed by atoms with Crippen molar-refractivity contribution in [1.29, 1.82) is 0 Å². The molecule has 132 valence electrons. The molecule has 0 saturated carbocycles. The molecule has 1 amide bonds. The topological polar surface area (TPSA) is 63.1 Å². The first-order chi connectivity index (χ1) is 12.5. The Balaban J connectivity index is 1.85. The first-order valence-corrected chi connectivity index (χ1v) is 8.59. The van der Waals surface area contributed by atoms with E-state index < -0.39 is 0 Å². The van der Waals surface area contributed by atoms with E-state index in [0.717, 1.165) is 33.9 Å². The van der Waals surface area contributed by atoms with Crippen LogP contribution in [0.25, 0.3) is 11.3 Å². The van der Waals surface area contributed by atoms with E-state index >= 15 is 0 Å². The third-order valence-electron chi connectivity index (χ3n) is 4.83. The van der Waals surface area contributed by atoms with Crippen molar-refractivity contribution in [2.24, 2.45) is 7.05 Å². The van der Waals surface area contributed by atoms with Crippen LogP contribution in [0.5, 0.6) is 0 Å². The third-order valence-corrected chi connectivity index (χ3v) is 4.83. The number of anilines is 2. The highest BCUT2D eigenvalue weighted by molar-refractivity contribution is 5.96. The zero-order valence-corrected chi connectivity index (χ0v) is 15.1. The van der Waals surface area contributed by atoms with Crippen LogP contribution in [-0.4, -0.2) is 34.8 Å². The second kappa shape index (κ2) is 6.29. The first kappa shape index (κ1) is 16.3. The minimum Gasteiger partial charge on any atom is -0.378 e. The Labute approximate surface area is 152 Å². The van der Waals surface area contributed by atoms with E-state index in [2.05, 4.69) is 44.6 Å². The van der Waals surface area contributed by atoms with Gasteiger partial charge in [0.15, 0.2) is 0 Å². The number of benzene rings is 1. The van der Waals surface area contributed by atoms with Gasteiger partial charge in [-0.1, -0.05) is 12.1 Å². The summed E-state index contributed by atoms with van der Waals surface area (Å²) in [6.07, 6.45) is 3.97. The van der Waals surface area contributed by atoms with Gasteiger partial charge in [0.05, 0.1) is 5.69 Å². The maximum atomic E-state index is 12.3. The van der Waals surface area contributed by atoms with Gasteiger partial charge in [-0.15, -0.1) is 0 Å². The summed E-state index contributed by atoms with van der Waals surface area (Å²) in [6, 6.07) is 12.3. The highest BCUT2D eigenvalue weighted by Gasteiger charge is 2.33. The van der Waals surface area contributed by atoms with Gasteiger partial charge in [-0.3, -0.25) is 14.5 Å². The van der Waals surface area contributed by atoms with Crippen molar-refractivity contribution in [2.75, 3.05) is 24.3 Å². The maximum Gasteiger partial charge on any atom is 0.226 e. The van der Waals surface area contributed by atoms with Crippen molar-refractivity contribution < 1.29 is 4.79 Å². The summed E-state index contributed by atoms with van der Waals surface area (Å²) in [4.78, 5) is 18.6. The maximum absolute atomic E-state index is 12.3. The number of carbonyl (C=O) groups excluding carboxylic acids is 1. The summed E-state index contributed by atoms with van der Waals surface area (Å²) in [5.41, 5.74) is 5.13. The molecule has 0 radical (unpaired) electrons. The lowest BCUT2D eigenvalue weighted by molar-refractivity contribution is -0.116. The Bertz CT molecular complexity index is 944. The van der Waals surface area contributed by atoms with Crippen LogP contribution in [0, 0.1) is 0 Å². The van der Waals surface area contributed by atoms with E-state index in [0.29, 0.717) is 6.42 Å². The molecule has 3 heterocycles. The summed E-state index contributed by atoms with van der Waals surface area (Å²) < 4.78 is 1.75. The van der Waals surface area contributed by atoms with Gasteiger partial charge in [0.1, 0.15) is 5.82 Å². The summed E-state index contributed by atoms with van der Waals surface area (Å²) in [7, 11) is 5.89. The van der Waals surface area contributed by atoms with Crippen LogP contribution in [0.1, 0.15) is 23.5 Å². The molecule has 0 spiro atoms. The van der Waals surface area contributed by atoms with Crippen LogP contribution in [0.15, 0.2) is 48.8 Å². The average Bonchev–Trinajstić information content (AvgIpc) is 2.98. The largest absolute Gasteiger partial charge is 0.378 e. The lowest BCUT2D eigenvalue weighted by Crippen LogP contribution is -2.24. The number of amides is 1. The van der Waals surface area contributed by atoms with Crippen LogP contribution in [0.2, 0.25) is 0 Å². The first-order valence-electron chi connectivity index (χ1n) is 8.59. The second-order valence-corrected chi connectivity index (χ2v) is 6.77. The number of rotatable bonds is 3. The van der Waals surface area contributed by atoms with Gasteiger partial charge in [-0.2, -0.15) is 5.10 Å². The Morgan fingerprint density at radius 1 is 1.19 bits per heavy atom. The number of fused-ring (bicyclic) bond motifs is 1. The van der Waals surface area contributed by atoms with Crippen molar-refractivity contribution in [2.45, 2.75) is 12.3 Å². The number of nitrogens with one attached hydrogen (secondary N) is 1. The Morgan fingerprint density at radius 3 is 2.62 bits per heavy atom. The van der Waals surface area contributed by atoms with Crippen LogP contribution < -0.4 is 10.2 Å². The molecule has 6 nitrogen and oxygen atoms in total. The predicted molar refractivity (Wildman–Crippen MR) is 102 cm³/mol. The molecule has 0 fully saturated rings. The third kappa shape index (κ3) is 2.73. The van der Waals surface area contributed by atoms with Gasteiger partial charge in [0.2, 0.25) is 5.91 Å². The number of hydrogen-bond donors (Lipinski definition) is 1. The normalized spacial score (nSPS) is 16.1. The fraction of sp³-hybridized carbons (Fsp3) is 0.250. The molecule has 0 saturated heterocycles. The highest BCUT2D eigenvalue weighted by Crippen LogP contribution is 2.42. The number of hydrogen-bond acceptors (Lipinski definition) is 4. The molecule has 1 unspecified atom stereocenters. The van der Waals surface area contributed by atoms with Gasteiger partial charge in [-0.25, -0.2) is 0 Å². The molecule has 26 heavy (non-hydrogen) atoms. The molecular formula is C20H21N5O. The molecule has 2 aromatic heterocycles. The van der Waals surface area contributed by atoms with E-state index in [9.17, 15) is 4.79 Å². The molecule has 1 N–H and O–H groups in total. The summed E-state index contributed by atoms with van der Waals surface area (Å²) >= 11 is 0. The fourth-order valence-electron chi connectivity index (χ4n) is 3.49. The van der Waals surface area contributed by atoms with Crippen molar-refractivity contribution in [3.8, 4) is 11.3 Å². The molecule has 4 rings (SSSR count). The molecule has 1 atom stereocenters. The molecule has 1 aliphatic heterocycles. The molecule has 6 heteroatoms. The molecule has 1 aromatic carbocycles. The molecule has 1 aliphatic rings. The van der Waals surface area contributed by atoms with Crippen molar-refractivity contribution >= 4 is 17.4 Å². The minimum absolute atomic E-state index is 0.0138. The van der Waals surface area contributed by atoms with Gasteiger partial charge in [-0.05, 0) is 29.8 Å². The lowest BCUT2D eigenvalue weighted by atomic mass is 9.84. The van der Waals surface area contributed by atoms with Gasteiger partial charge in [0, 0.05) is 62.7 Å². The van der Waals surface area contributed by atoms with Crippen molar-refractivity contribution in [3.05, 3.63) is 59.9 Å². The van der Waals surface area contributed by atoms with Crippen molar-refractivity contribution in [1.82, 2.24) is 14.8 Å². The zero-order chi connectivity index (χ0) is 18.3. The van der Waals surface area contributed by atoms with Crippen LogP contribution in [-0.2, 0) is 11.8 Å². The number of pyridine rings is 1. The summed E-state index contributed by atoms with van der Waals surface area (Å²) in [5, 5.41) is 7.65. The SMILES string of the molecule is CN(C)c1ccc(C2CC(=O)Nc3c2c(-c2cccnc2)nn3C)cc1. The molecule has 3 aromatic rings. The second-order valence-electron chi connectivity index (χ2n) is 6.77. The van der Waals surface area contributed by atoms with Crippen LogP contribution >= 0.6 is 0 Å². The van der Waals surface area contributed by atoms with E-state index in [1.807, 2.05) is 39.5 Å².